The van der Waals surface area contributed by atoms with Crippen molar-refractivity contribution < 1.29 is 9.84 Å². The van der Waals surface area contributed by atoms with Crippen LogP contribution < -0.4 is 4.74 Å². The normalized spacial score (nSPS) is 15.0. The van der Waals surface area contributed by atoms with Gasteiger partial charge in [0.15, 0.2) is 0 Å². The minimum absolute atomic E-state index is 0.256. The minimum Gasteiger partial charge on any atom is -0.491 e. The molecule has 1 saturated carbocycles. The van der Waals surface area contributed by atoms with Crippen molar-refractivity contribution in [2.24, 2.45) is 0 Å². The monoisotopic (exact) mass is 367 g/mol. The molecule has 1 fully saturated rings. The maximum atomic E-state index is 10.2. The molecule has 1 aliphatic rings. The minimum atomic E-state index is -0.576. The zero-order chi connectivity index (χ0) is 17.8. The van der Waals surface area contributed by atoms with Crippen molar-refractivity contribution in [2.75, 3.05) is 12.4 Å². The summed E-state index contributed by atoms with van der Waals surface area (Å²) in [5, 5.41) is 15.5. The number of aliphatic hydroxyl groups excluding tert-OH is 1. The number of hydrogen-bond donors (Lipinski definition) is 1. The first-order chi connectivity index (χ1) is 12.8. The fraction of sp³-hybridized carbons (Fsp3) is 0.300. The molecule has 1 aromatic heterocycles. The number of aliphatic hydroxyl groups is 1. The van der Waals surface area contributed by atoms with Crippen molar-refractivity contribution >= 4 is 11.8 Å². The van der Waals surface area contributed by atoms with Gasteiger partial charge < -0.3 is 9.84 Å². The van der Waals surface area contributed by atoms with Gasteiger partial charge in [-0.3, -0.25) is 0 Å². The molecule has 1 aliphatic carbocycles. The Morgan fingerprint density at radius 3 is 2.46 bits per heavy atom. The summed E-state index contributed by atoms with van der Waals surface area (Å²) < 4.78 is 7.53. The first-order valence-corrected chi connectivity index (χ1v) is 9.79. The molecule has 0 saturated heterocycles. The Morgan fingerprint density at radius 2 is 1.77 bits per heavy atom. The lowest BCUT2D eigenvalue weighted by molar-refractivity contribution is 0.126. The topological polar surface area (TPSA) is 60.2 Å². The largest absolute Gasteiger partial charge is 0.491 e. The predicted octanol–water partition coefficient (Wildman–Crippen LogP) is 3.68. The first kappa shape index (κ1) is 17.1. The fourth-order valence-electron chi connectivity index (χ4n) is 2.66. The maximum absolute atomic E-state index is 10.2. The van der Waals surface area contributed by atoms with Gasteiger partial charge in [-0.25, -0.2) is 9.67 Å². The second-order valence-corrected chi connectivity index (χ2v) is 7.35. The van der Waals surface area contributed by atoms with Crippen LogP contribution in [0.25, 0.3) is 5.69 Å². The average Bonchev–Trinajstić information content (AvgIpc) is 3.45. The van der Waals surface area contributed by atoms with Crippen LogP contribution in [-0.2, 0) is 0 Å². The summed E-state index contributed by atoms with van der Waals surface area (Å²) in [6, 6.07) is 19.6. The SMILES string of the molecule is OC(COc1ccccc1)CSc1nc(C2CC2)n(-c2ccccc2)n1. The van der Waals surface area contributed by atoms with Gasteiger partial charge in [-0.2, -0.15) is 0 Å². The highest BCUT2D eigenvalue weighted by Gasteiger charge is 2.30. The first-order valence-electron chi connectivity index (χ1n) is 8.80. The summed E-state index contributed by atoms with van der Waals surface area (Å²) in [6.07, 6.45) is 1.76. The van der Waals surface area contributed by atoms with Crippen LogP contribution in [0, 0.1) is 0 Å². The van der Waals surface area contributed by atoms with Gasteiger partial charge in [0.2, 0.25) is 5.16 Å². The molecule has 26 heavy (non-hydrogen) atoms. The highest BCUT2D eigenvalue weighted by atomic mass is 32.2. The van der Waals surface area contributed by atoms with E-state index in [0.717, 1.165) is 17.3 Å². The molecular formula is C20H21N3O2S. The number of nitrogens with zero attached hydrogens (tertiary/aromatic N) is 3. The third kappa shape index (κ3) is 4.26. The second-order valence-electron chi connectivity index (χ2n) is 6.36. The zero-order valence-corrected chi connectivity index (χ0v) is 15.2. The number of rotatable bonds is 8. The Labute approximate surface area is 157 Å². The second kappa shape index (κ2) is 7.93. The van der Waals surface area contributed by atoms with Gasteiger partial charge >= 0.3 is 0 Å². The standard InChI is InChI=1S/C20H21N3O2S/c24-17(13-25-18-9-5-2-6-10-18)14-26-20-21-19(15-11-12-15)23(22-20)16-7-3-1-4-8-16/h1-10,15,17,24H,11-14H2. The molecule has 0 spiro atoms. The van der Waals surface area contributed by atoms with E-state index in [4.69, 9.17) is 9.72 Å². The van der Waals surface area contributed by atoms with Crippen molar-refractivity contribution in [3.05, 3.63) is 66.5 Å². The van der Waals surface area contributed by atoms with Gasteiger partial charge in [0, 0.05) is 11.7 Å². The smallest absolute Gasteiger partial charge is 0.209 e. The quantitative estimate of drug-likeness (QED) is 0.616. The van der Waals surface area contributed by atoms with Crippen molar-refractivity contribution in [3.63, 3.8) is 0 Å². The number of para-hydroxylation sites is 2. The molecule has 0 amide bonds. The summed E-state index contributed by atoms with van der Waals surface area (Å²) in [6.45, 7) is 0.256. The van der Waals surface area contributed by atoms with E-state index < -0.39 is 6.10 Å². The van der Waals surface area contributed by atoms with E-state index in [1.807, 2.05) is 65.3 Å². The van der Waals surface area contributed by atoms with Gasteiger partial charge in [-0.15, -0.1) is 5.10 Å². The molecule has 1 N–H and O–H groups in total. The van der Waals surface area contributed by atoms with Gasteiger partial charge in [0.05, 0.1) is 11.8 Å². The molecule has 0 aliphatic heterocycles. The number of thioether (sulfide) groups is 1. The zero-order valence-electron chi connectivity index (χ0n) is 14.4. The van der Waals surface area contributed by atoms with Crippen LogP contribution in [0.1, 0.15) is 24.6 Å². The third-order valence-electron chi connectivity index (χ3n) is 4.15. The van der Waals surface area contributed by atoms with Crippen LogP contribution >= 0.6 is 11.8 Å². The Balaban J connectivity index is 1.37. The summed E-state index contributed by atoms with van der Waals surface area (Å²) in [7, 11) is 0. The Hall–Kier alpha value is -2.31. The third-order valence-corrected chi connectivity index (χ3v) is 5.13. The number of hydrogen-bond acceptors (Lipinski definition) is 5. The lowest BCUT2D eigenvalue weighted by Gasteiger charge is -2.10. The summed E-state index contributed by atoms with van der Waals surface area (Å²) in [5.74, 6) is 2.78. The van der Waals surface area contributed by atoms with Gasteiger partial charge in [0.25, 0.3) is 0 Å². The van der Waals surface area contributed by atoms with Crippen molar-refractivity contribution in [1.29, 1.82) is 0 Å². The molecule has 0 bridgehead atoms. The highest BCUT2D eigenvalue weighted by molar-refractivity contribution is 7.99. The van der Waals surface area contributed by atoms with E-state index in [9.17, 15) is 5.11 Å². The molecule has 134 valence electrons. The van der Waals surface area contributed by atoms with Crippen LogP contribution in [0.15, 0.2) is 65.8 Å². The van der Waals surface area contributed by atoms with Crippen molar-refractivity contribution in [3.8, 4) is 11.4 Å². The van der Waals surface area contributed by atoms with E-state index >= 15 is 0 Å². The van der Waals surface area contributed by atoms with E-state index in [1.165, 1.54) is 24.6 Å². The van der Waals surface area contributed by atoms with E-state index in [2.05, 4.69) is 5.10 Å². The predicted molar refractivity (Wildman–Crippen MR) is 102 cm³/mol. The molecule has 1 heterocycles. The number of aromatic nitrogens is 3. The molecule has 0 radical (unpaired) electrons. The van der Waals surface area contributed by atoms with Crippen LogP contribution in [0.3, 0.4) is 0 Å². The molecule has 5 nitrogen and oxygen atoms in total. The van der Waals surface area contributed by atoms with Gasteiger partial charge in [0.1, 0.15) is 18.2 Å². The molecule has 6 heteroatoms. The Kier molecular flexibility index (Phi) is 5.22. The summed E-state index contributed by atoms with van der Waals surface area (Å²) >= 11 is 1.47. The van der Waals surface area contributed by atoms with Crippen molar-refractivity contribution in [1.82, 2.24) is 14.8 Å². The average molecular weight is 367 g/mol. The summed E-state index contributed by atoms with van der Waals surface area (Å²) in [4.78, 5) is 4.70. The van der Waals surface area contributed by atoms with Gasteiger partial charge in [-0.05, 0) is 37.1 Å². The number of benzene rings is 2. The molecule has 1 unspecified atom stereocenters. The Morgan fingerprint density at radius 1 is 1.08 bits per heavy atom. The van der Waals surface area contributed by atoms with E-state index in [-0.39, 0.29) is 6.61 Å². The van der Waals surface area contributed by atoms with Crippen LogP contribution in [0.5, 0.6) is 5.75 Å². The number of ether oxygens (including phenoxy) is 1. The van der Waals surface area contributed by atoms with Crippen LogP contribution in [0.4, 0.5) is 0 Å². The van der Waals surface area contributed by atoms with Crippen LogP contribution in [0.2, 0.25) is 0 Å². The molecule has 3 aromatic rings. The molecular weight excluding hydrogens is 346 g/mol. The van der Waals surface area contributed by atoms with E-state index in [0.29, 0.717) is 16.8 Å². The summed E-state index contributed by atoms with van der Waals surface area (Å²) in [5.41, 5.74) is 1.03. The van der Waals surface area contributed by atoms with E-state index in [1.54, 1.807) is 0 Å². The lowest BCUT2D eigenvalue weighted by Crippen LogP contribution is -2.20. The molecule has 4 rings (SSSR count). The lowest BCUT2D eigenvalue weighted by atomic mass is 10.3. The molecule has 2 aromatic carbocycles. The fourth-order valence-corrected chi connectivity index (χ4v) is 3.39. The van der Waals surface area contributed by atoms with Crippen molar-refractivity contribution in [2.45, 2.75) is 30.0 Å². The Bertz CT molecular complexity index is 835. The van der Waals surface area contributed by atoms with Crippen LogP contribution in [-0.4, -0.2) is 38.3 Å². The van der Waals surface area contributed by atoms with Gasteiger partial charge in [-0.1, -0.05) is 48.2 Å². The highest BCUT2D eigenvalue weighted by Crippen LogP contribution is 2.40. The molecule has 1 atom stereocenters. The maximum Gasteiger partial charge on any atom is 0.209 e.